The van der Waals surface area contributed by atoms with Crippen molar-refractivity contribution in [1.29, 1.82) is 0 Å². The summed E-state index contributed by atoms with van der Waals surface area (Å²) in [6.07, 6.45) is -4.35. The number of anilines is 2. The third kappa shape index (κ3) is 7.12. The molecule has 1 aliphatic rings. The van der Waals surface area contributed by atoms with E-state index in [0.29, 0.717) is 42.6 Å². The van der Waals surface area contributed by atoms with Crippen molar-refractivity contribution in [2.75, 3.05) is 30.5 Å². The first-order chi connectivity index (χ1) is 21.0. The third-order valence-corrected chi connectivity index (χ3v) is 6.88. The van der Waals surface area contributed by atoms with Gasteiger partial charge in [-0.15, -0.1) is 0 Å². The fourth-order valence-corrected chi connectivity index (χ4v) is 4.71. The van der Waals surface area contributed by atoms with Gasteiger partial charge in [-0.05, 0) is 30.7 Å². The Bertz CT molecular complexity index is 1620. The average molecular weight is 621 g/mol. The Morgan fingerprint density at radius 3 is 2.45 bits per heavy atom. The highest BCUT2D eigenvalue weighted by Crippen LogP contribution is 2.32. The molecule has 0 saturated heterocycles. The molecule has 0 aliphatic carbocycles. The number of hydrogen-bond acceptors (Lipinski definition) is 9. The summed E-state index contributed by atoms with van der Waals surface area (Å²) in [5.74, 6) is 0.910. The molecule has 234 valence electrons. The molecule has 3 aromatic heterocycles. The summed E-state index contributed by atoms with van der Waals surface area (Å²) < 4.78 is 80.9. The molecular weight excluding hydrogens is 591 g/mol. The SMILES string of the molecule is COc1ccc(Cn2ncc(NC(C)COCc3cc4n(n3)CCN(c3ncc(C(F)F)cn3)C4)c(C(F)(F)F)c2=O)cc1. The van der Waals surface area contributed by atoms with Crippen LogP contribution in [-0.4, -0.2) is 55.8 Å². The number of benzene rings is 1. The summed E-state index contributed by atoms with van der Waals surface area (Å²) in [6, 6.07) is 7.80. The van der Waals surface area contributed by atoms with Crippen LogP contribution >= 0.6 is 0 Å². The maximum absolute atomic E-state index is 14.0. The Kier molecular flexibility index (Phi) is 9.08. The number of ether oxygens (including phenoxy) is 2. The molecule has 4 aromatic rings. The van der Waals surface area contributed by atoms with Crippen molar-refractivity contribution < 1.29 is 31.4 Å². The lowest BCUT2D eigenvalue weighted by Crippen LogP contribution is -2.34. The molecule has 1 N–H and O–H groups in total. The Morgan fingerprint density at radius 2 is 1.80 bits per heavy atom. The lowest BCUT2D eigenvalue weighted by atomic mass is 10.2. The van der Waals surface area contributed by atoms with Gasteiger partial charge in [-0.2, -0.15) is 23.4 Å². The van der Waals surface area contributed by atoms with Gasteiger partial charge >= 0.3 is 6.18 Å². The van der Waals surface area contributed by atoms with Crippen molar-refractivity contribution in [3.8, 4) is 5.75 Å². The zero-order chi connectivity index (χ0) is 31.4. The molecule has 1 unspecified atom stereocenters. The summed E-state index contributed by atoms with van der Waals surface area (Å²) >= 11 is 0. The van der Waals surface area contributed by atoms with Crippen molar-refractivity contribution in [1.82, 2.24) is 29.5 Å². The number of hydrogen-bond donors (Lipinski definition) is 1. The Labute approximate surface area is 248 Å². The molecule has 0 bridgehead atoms. The number of nitrogens with one attached hydrogen (secondary N) is 1. The van der Waals surface area contributed by atoms with Crippen LogP contribution in [0, 0.1) is 0 Å². The first-order valence-corrected chi connectivity index (χ1v) is 13.6. The van der Waals surface area contributed by atoms with Crippen LogP contribution in [0.3, 0.4) is 0 Å². The summed E-state index contributed by atoms with van der Waals surface area (Å²) in [6.45, 7) is 3.05. The first-order valence-electron chi connectivity index (χ1n) is 13.6. The molecule has 44 heavy (non-hydrogen) atoms. The van der Waals surface area contributed by atoms with Gasteiger partial charge in [0.1, 0.15) is 11.3 Å². The van der Waals surface area contributed by atoms with Crippen molar-refractivity contribution in [2.24, 2.45) is 0 Å². The molecule has 5 rings (SSSR count). The maximum atomic E-state index is 14.0. The molecule has 0 spiro atoms. The number of alkyl halides is 5. The van der Waals surface area contributed by atoms with E-state index in [0.717, 1.165) is 29.0 Å². The van der Waals surface area contributed by atoms with E-state index in [-0.39, 0.29) is 25.3 Å². The Balaban J connectivity index is 1.18. The molecule has 0 radical (unpaired) electrons. The molecule has 1 aromatic carbocycles. The highest BCUT2D eigenvalue weighted by Gasteiger charge is 2.38. The summed E-state index contributed by atoms with van der Waals surface area (Å²) in [5.41, 5.74) is -1.25. The van der Waals surface area contributed by atoms with Gasteiger partial charge in [-0.3, -0.25) is 9.48 Å². The smallest absolute Gasteiger partial charge is 0.423 e. The molecule has 0 fully saturated rings. The zero-order valence-corrected chi connectivity index (χ0v) is 23.8. The van der Waals surface area contributed by atoms with E-state index in [1.54, 1.807) is 35.9 Å². The molecule has 4 heterocycles. The van der Waals surface area contributed by atoms with Gasteiger partial charge in [0.05, 0.1) is 68.8 Å². The molecule has 11 nitrogen and oxygen atoms in total. The first kappa shape index (κ1) is 30.8. The molecule has 0 saturated carbocycles. The lowest BCUT2D eigenvalue weighted by Gasteiger charge is -2.27. The third-order valence-electron chi connectivity index (χ3n) is 6.88. The number of rotatable bonds is 11. The number of aromatic nitrogens is 6. The normalized spacial score (nSPS) is 14.0. The van der Waals surface area contributed by atoms with Gasteiger partial charge in [0.2, 0.25) is 5.95 Å². The molecule has 1 atom stereocenters. The average Bonchev–Trinajstić information content (AvgIpc) is 3.40. The maximum Gasteiger partial charge on any atom is 0.423 e. The van der Waals surface area contributed by atoms with Crippen molar-refractivity contribution in [3.05, 3.63) is 87.4 Å². The predicted octanol–water partition coefficient (Wildman–Crippen LogP) is 4.28. The standard InChI is InChI=1S/C28H29F5N8O3/c1-17(37-23-12-36-41(26(42)24(23)28(31,32)33)13-18-3-5-22(43-2)6-4-18)15-44-16-20-9-21-14-39(7-8-40(21)38-20)27-34-10-19(11-35-27)25(29)30/h3-6,9-12,17,25,37H,7-8,13-16H2,1-2H3. The summed E-state index contributed by atoms with van der Waals surface area (Å²) in [4.78, 5) is 22.7. The topological polar surface area (TPSA) is 112 Å². The van der Waals surface area contributed by atoms with Crippen LogP contribution < -0.4 is 20.5 Å². The van der Waals surface area contributed by atoms with Crippen LogP contribution in [0.4, 0.5) is 33.6 Å². The van der Waals surface area contributed by atoms with Crippen molar-refractivity contribution in [2.45, 2.75) is 51.8 Å². The molecule has 0 amide bonds. The largest absolute Gasteiger partial charge is 0.497 e. The van der Waals surface area contributed by atoms with Gasteiger partial charge in [0.25, 0.3) is 12.0 Å². The zero-order valence-electron chi connectivity index (χ0n) is 23.8. The van der Waals surface area contributed by atoms with Crippen LogP contribution in [0.2, 0.25) is 0 Å². The van der Waals surface area contributed by atoms with Crippen LogP contribution in [0.1, 0.15) is 41.4 Å². The molecular formula is C28H29F5N8O3. The van der Waals surface area contributed by atoms with Gasteiger partial charge in [-0.1, -0.05) is 12.1 Å². The fourth-order valence-electron chi connectivity index (χ4n) is 4.71. The summed E-state index contributed by atoms with van der Waals surface area (Å²) in [5, 5.41) is 11.2. The Hall–Kier alpha value is -4.60. The predicted molar refractivity (Wildman–Crippen MR) is 149 cm³/mol. The van der Waals surface area contributed by atoms with Crippen molar-refractivity contribution >= 4 is 11.6 Å². The highest BCUT2D eigenvalue weighted by atomic mass is 19.4. The lowest BCUT2D eigenvalue weighted by molar-refractivity contribution is -0.138. The summed E-state index contributed by atoms with van der Waals surface area (Å²) in [7, 11) is 1.49. The van der Waals surface area contributed by atoms with E-state index in [1.165, 1.54) is 7.11 Å². The van der Waals surface area contributed by atoms with Crippen molar-refractivity contribution in [3.63, 3.8) is 0 Å². The van der Waals surface area contributed by atoms with E-state index in [1.807, 2.05) is 11.0 Å². The minimum Gasteiger partial charge on any atom is -0.497 e. The number of nitrogens with zero attached hydrogens (tertiary/aromatic N) is 7. The van der Waals surface area contributed by atoms with Crippen LogP contribution in [-0.2, 0) is 37.2 Å². The second-order valence-electron chi connectivity index (χ2n) is 10.2. The monoisotopic (exact) mass is 620 g/mol. The van der Waals surface area contributed by atoms with Gasteiger partial charge in [0, 0.05) is 25.0 Å². The quantitative estimate of drug-likeness (QED) is 0.246. The highest BCUT2D eigenvalue weighted by molar-refractivity contribution is 5.50. The van der Waals surface area contributed by atoms with Crippen LogP contribution in [0.15, 0.2) is 53.7 Å². The number of halogens is 5. The van der Waals surface area contributed by atoms with E-state index in [2.05, 4.69) is 25.5 Å². The Morgan fingerprint density at radius 1 is 1.07 bits per heavy atom. The van der Waals surface area contributed by atoms with Gasteiger partial charge in [-0.25, -0.2) is 23.4 Å². The van der Waals surface area contributed by atoms with Crippen LogP contribution in [0.5, 0.6) is 5.75 Å². The number of fused-ring (bicyclic) bond motifs is 1. The second-order valence-corrected chi connectivity index (χ2v) is 10.2. The van der Waals surface area contributed by atoms with E-state index < -0.39 is 35.5 Å². The minimum absolute atomic E-state index is 0.0187. The van der Waals surface area contributed by atoms with Gasteiger partial charge in [0.15, 0.2) is 0 Å². The second kappa shape index (κ2) is 13.0. The molecule has 16 heteroatoms. The van der Waals surface area contributed by atoms with E-state index >= 15 is 0 Å². The molecule has 1 aliphatic heterocycles. The van der Waals surface area contributed by atoms with Crippen LogP contribution in [0.25, 0.3) is 0 Å². The minimum atomic E-state index is -4.91. The van der Waals surface area contributed by atoms with Gasteiger partial charge < -0.3 is 19.7 Å². The van der Waals surface area contributed by atoms with E-state index in [4.69, 9.17) is 9.47 Å². The van der Waals surface area contributed by atoms with E-state index in [9.17, 15) is 26.7 Å². The number of methoxy groups -OCH3 is 1. The fraction of sp³-hybridized carbons (Fsp3) is 0.393.